The third-order valence-corrected chi connectivity index (χ3v) is 5.86. The van der Waals surface area contributed by atoms with E-state index in [0.29, 0.717) is 17.2 Å². The SMILES string of the molecule is Cc1ccc(N=C([O-])c2ccc(C[n+]3cc[n+](C)cc3)cc2)cc1Nc1nccc(-c2cccnc2)n1. The molecule has 0 unspecified atom stereocenters. The number of anilines is 2. The van der Waals surface area contributed by atoms with Gasteiger partial charge in [0.15, 0.2) is 6.54 Å². The van der Waals surface area contributed by atoms with Crippen molar-refractivity contribution in [3.05, 3.63) is 121 Å². The molecule has 0 radical (unpaired) electrons. The first kappa shape index (κ1) is 23.7. The standard InChI is InChI=1S/C29H26N7O/c1-21-5-10-25(18-27(21)34-29-31-13-11-26(33-29)24-4-3-12-30-19-24)32-28(37)23-8-6-22(7-9-23)20-36-16-14-35(2)15-17-36/h3-19H,20H2,1-2H3,(H-,31,32,33,34,37)/q+1. The maximum Gasteiger partial charge on any atom is 0.233 e. The van der Waals surface area contributed by atoms with E-state index in [1.807, 2.05) is 104 Å². The van der Waals surface area contributed by atoms with Crippen molar-refractivity contribution in [3.63, 3.8) is 0 Å². The quantitative estimate of drug-likeness (QED) is 0.216. The van der Waals surface area contributed by atoms with Crippen molar-refractivity contribution >= 4 is 23.2 Å². The van der Waals surface area contributed by atoms with E-state index in [1.165, 1.54) is 0 Å². The molecule has 0 fully saturated rings. The molecule has 5 aromatic rings. The molecule has 3 aromatic heterocycles. The topological polar surface area (TPSA) is 93.9 Å². The maximum absolute atomic E-state index is 12.9. The summed E-state index contributed by atoms with van der Waals surface area (Å²) in [6.45, 7) is 2.70. The summed E-state index contributed by atoms with van der Waals surface area (Å²) in [5.41, 5.74) is 5.63. The molecule has 5 rings (SSSR count). The number of pyridine rings is 1. The fourth-order valence-electron chi connectivity index (χ4n) is 3.76. The number of benzene rings is 2. The molecule has 182 valence electrons. The monoisotopic (exact) mass is 488 g/mol. The van der Waals surface area contributed by atoms with Crippen molar-refractivity contribution < 1.29 is 14.2 Å². The number of hydrogen-bond acceptors (Lipinski definition) is 6. The van der Waals surface area contributed by atoms with Gasteiger partial charge in [-0.3, -0.25) is 9.98 Å². The van der Waals surface area contributed by atoms with Gasteiger partial charge in [-0.25, -0.2) is 9.97 Å². The molecule has 0 bridgehead atoms. The first-order valence-corrected chi connectivity index (χ1v) is 11.8. The number of rotatable bonds is 7. The van der Waals surface area contributed by atoms with Gasteiger partial charge in [-0.05, 0) is 54.3 Å². The average Bonchev–Trinajstić information content (AvgIpc) is 2.93. The molecule has 8 nitrogen and oxygen atoms in total. The third-order valence-electron chi connectivity index (χ3n) is 5.86. The number of aliphatic imine (C=N–C) groups is 1. The molecule has 0 saturated carbocycles. The van der Waals surface area contributed by atoms with E-state index in [-0.39, 0.29) is 5.90 Å². The summed E-state index contributed by atoms with van der Waals surface area (Å²) in [6.07, 6.45) is 13.2. The summed E-state index contributed by atoms with van der Waals surface area (Å²) in [6, 6.07) is 18.8. The average molecular weight is 489 g/mol. The van der Waals surface area contributed by atoms with Gasteiger partial charge < -0.3 is 10.4 Å². The lowest BCUT2D eigenvalue weighted by Crippen LogP contribution is -2.39. The van der Waals surface area contributed by atoms with Crippen molar-refractivity contribution in [2.75, 3.05) is 5.32 Å². The molecule has 0 saturated heterocycles. The van der Waals surface area contributed by atoms with Gasteiger partial charge >= 0.3 is 0 Å². The molecule has 3 heterocycles. The van der Waals surface area contributed by atoms with Crippen LogP contribution in [0.15, 0.2) is 109 Å². The highest BCUT2D eigenvalue weighted by atomic mass is 16.3. The summed E-state index contributed by atoms with van der Waals surface area (Å²) < 4.78 is 4.07. The zero-order chi connectivity index (χ0) is 25.6. The predicted molar refractivity (Wildman–Crippen MR) is 139 cm³/mol. The molecular formula is C29H26N7O+. The maximum atomic E-state index is 12.9. The first-order valence-electron chi connectivity index (χ1n) is 11.8. The van der Waals surface area contributed by atoms with Crippen molar-refractivity contribution in [1.82, 2.24) is 15.0 Å². The fraction of sp³-hybridized carbons (Fsp3) is 0.103. The van der Waals surface area contributed by atoms with Crippen LogP contribution in [0.4, 0.5) is 17.3 Å². The van der Waals surface area contributed by atoms with Gasteiger partial charge in [0.2, 0.25) is 30.7 Å². The lowest BCUT2D eigenvalue weighted by Gasteiger charge is -2.13. The Hall–Kier alpha value is -4.98. The molecule has 0 aliphatic rings. The van der Waals surface area contributed by atoms with Crippen LogP contribution in [-0.4, -0.2) is 20.8 Å². The Balaban J connectivity index is 1.32. The molecule has 0 amide bonds. The molecule has 0 aliphatic heterocycles. The van der Waals surface area contributed by atoms with E-state index in [0.717, 1.165) is 34.6 Å². The third kappa shape index (κ3) is 5.99. The summed E-state index contributed by atoms with van der Waals surface area (Å²) in [4.78, 5) is 17.4. The second-order valence-corrected chi connectivity index (χ2v) is 8.68. The smallest absolute Gasteiger partial charge is 0.233 e. The second-order valence-electron chi connectivity index (χ2n) is 8.68. The minimum Gasteiger partial charge on any atom is -0.858 e. The van der Waals surface area contributed by atoms with Gasteiger partial charge in [0.1, 0.15) is 7.05 Å². The van der Waals surface area contributed by atoms with Gasteiger partial charge in [-0.2, -0.15) is 9.13 Å². The van der Waals surface area contributed by atoms with E-state index in [9.17, 15) is 5.11 Å². The van der Waals surface area contributed by atoms with E-state index >= 15 is 0 Å². The second kappa shape index (κ2) is 10.7. The van der Waals surface area contributed by atoms with Crippen LogP contribution < -0.4 is 19.6 Å². The molecule has 0 spiro atoms. The number of nitrogens with one attached hydrogen (secondary N) is 1. The highest BCUT2D eigenvalue weighted by molar-refractivity contribution is 5.92. The summed E-state index contributed by atoms with van der Waals surface area (Å²) in [5, 5.41) is 16.1. The van der Waals surface area contributed by atoms with E-state index < -0.39 is 0 Å². The van der Waals surface area contributed by atoms with E-state index in [2.05, 4.69) is 29.8 Å². The minimum absolute atomic E-state index is 0.296. The largest absolute Gasteiger partial charge is 0.858 e. The van der Waals surface area contributed by atoms with Crippen molar-refractivity contribution in [2.24, 2.45) is 12.0 Å². The number of aryl methyl sites for hydroxylation is 2. The molecule has 37 heavy (non-hydrogen) atoms. The van der Waals surface area contributed by atoms with Gasteiger partial charge in [0, 0.05) is 35.4 Å². The Morgan fingerprint density at radius 2 is 1.78 bits per heavy atom. The molecule has 2 aromatic carbocycles. The van der Waals surface area contributed by atoms with Crippen LogP contribution in [0.1, 0.15) is 16.7 Å². The van der Waals surface area contributed by atoms with Crippen LogP contribution in [0, 0.1) is 6.92 Å². The van der Waals surface area contributed by atoms with Crippen LogP contribution in [0.3, 0.4) is 0 Å². The van der Waals surface area contributed by atoms with Gasteiger partial charge in [-0.15, -0.1) is 0 Å². The zero-order valence-electron chi connectivity index (χ0n) is 20.6. The Labute approximate surface area is 215 Å². The van der Waals surface area contributed by atoms with Crippen molar-refractivity contribution in [1.29, 1.82) is 0 Å². The zero-order valence-corrected chi connectivity index (χ0v) is 20.6. The molecule has 1 N–H and O–H groups in total. The molecule has 0 atom stereocenters. The van der Waals surface area contributed by atoms with E-state index in [4.69, 9.17) is 0 Å². The van der Waals surface area contributed by atoms with Gasteiger partial charge in [-0.1, -0.05) is 30.3 Å². The van der Waals surface area contributed by atoms with Crippen molar-refractivity contribution in [2.45, 2.75) is 13.5 Å². The Morgan fingerprint density at radius 3 is 2.54 bits per heavy atom. The van der Waals surface area contributed by atoms with Crippen molar-refractivity contribution in [3.8, 4) is 11.3 Å². The lowest BCUT2D eigenvalue weighted by atomic mass is 10.1. The van der Waals surface area contributed by atoms with Gasteiger partial charge in [0.25, 0.3) is 0 Å². The number of hydrogen-bond donors (Lipinski definition) is 1. The fourth-order valence-corrected chi connectivity index (χ4v) is 3.76. The van der Waals surface area contributed by atoms with Crippen LogP contribution in [0.25, 0.3) is 11.3 Å². The Morgan fingerprint density at radius 1 is 0.973 bits per heavy atom. The van der Waals surface area contributed by atoms with Gasteiger partial charge in [0.05, 0.1) is 11.4 Å². The molecule has 0 aliphatic carbocycles. The molecular weight excluding hydrogens is 462 g/mol. The normalized spacial score (nSPS) is 11.4. The Bertz CT molecular complexity index is 1530. The Kier molecular flexibility index (Phi) is 6.89. The summed E-state index contributed by atoms with van der Waals surface area (Å²) >= 11 is 0. The number of nitrogens with zero attached hydrogens (tertiary/aromatic N) is 6. The van der Waals surface area contributed by atoms with Crippen LogP contribution in [0.5, 0.6) is 0 Å². The summed E-state index contributed by atoms with van der Waals surface area (Å²) in [5.74, 6) is 0.157. The summed E-state index contributed by atoms with van der Waals surface area (Å²) in [7, 11) is 1.98. The van der Waals surface area contributed by atoms with Crippen LogP contribution >= 0.6 is 0 Å². The van der Waals surface area contributed by atoms with Crippen LogP contribution in [-0.2, 0) is 13.6 Å². The molecule has 8 heteroatoms. The van der Waals surface area contributed by atoms with E-state index in [1.54, 1.807) is 18.6 Å². The first-order chi connectivity index (χ1) is 18.0. The van der Waals surface area contributed by atoms with Crippen LogP contribution in [0.2, 0.25) is 0 Å². The number of aromatic nitrogens is 5. The highest BCUT2D eigenvalue weighted by Gasteiger charge is 2.07. The lowest BCUT2D eigenvalue weighted by molar-refractivity contribution is -0.735. The predicted octanol–water partition coefficient (Wildman–Crippen LogP) is 3.19. The highest BCUT2D eigenvalue weighted by Crippen LogP contribution is 2.26. The minimum atomic E-state index is -0.296.